The summed E-state index contributed by atoms with van der Waals surface area (Å²) >= 11 is 0. The van der Waals surface area contributed by atoms with E-state index in [0.717, 1.165) is 4.31 Å². The topological polar surface area (TPSA) is 86.7 Å². The first kappa shape index (κ1) is 12.6. The second-order valence-corrected chi connectivity index (χ2v) is 5.15. The van der Waals surface area contributed by atoms with E-state index in [9.17, 15) is 13.2 Å². The minimum absolute atomic E-state index is 0.100. The lowest BCUT2D eigenvalue weighted by Crippen LogP contribution is -2.37. The molecule has 0 spiro atoms. The van der Waals surface area contributed by atoms with Crippen molar-refractivity contribution in [3.8, 4) is 0 Å². The third-order valence-electron chi connectivity index (χ3n) is 1.94. The molecule has 2 N–H and O–H groups in total. The summed E-state index contributed by atoms with van der Waals surface area (Å²) in [5.41, 5.74) is 1.37. The molecule has 7 heteroatoms. The molecule has 0 radical (unpaired) electrons. The average Bonchev–Trinajstić information content (AvgIpc) is 2.29. The summed E-state index contributed by atoms with van der Waals surface area (Å²) in [5.74, 6) is -0.790. The van der Waals surface area contributed by atoms with Crippen molar-refractivity contribution >= 4 is 15.9 Å². The lowest BCUT2D eigenvalue weighted by molar-refractivity contribution is -0.129. The molecular formula is C9H12N2O4S. The van der Waals surface area contributed by atoms with Crippen LogP contribution in [-0.2, 0) is 14.8 Å². The normalized spacial score (nSPS) is 11.4. The molecule has 1 aromatic carbocycles. The maximum Gasteiger partial charge on any atom is 0.258 e. The van der Waals surface area contributed by atoms with Gasteiger partial charge in [0.25, 0.3) is 5.91 Å². The number of carbonyl (C=O) groups is 1. The van der Waals surface area contributed by atoms with Crippen LogP contribution in [-0.4, -0.2) is 37.4 Å². The van der Waals surface area contributed by atoms with Crippen molar-refractivity contribution < 1.29 is 18.4 Å². The van der Waals surface area contributed by atoms with E-state index in [2.05, 4.69) is 0 Å². The zero-order chi connectivity index (χ0) is 12.2. The third-order valence-corrected chi connectivity index (χ3v) is 3.76. The third kappa shape index (κ3) is 2.78. The van der Waals surface area contributed by atoms with Gasteiger partial charge >= 0.3 is 0 Å². The summed E-state index contributed by atoms with van der Waals surface area (Å²) in [6.07, 6.45) is 0. The van der Waals surface area contributed by atoms with Crippen LogP contribution in [0.3, 0.4) is 0 Å². The predicted molar refractivity (Wildman–Crippen MR) is 56.2 cm³/mol. The Morgan fingerprint density at radius 2 is 1.94 bits per heavy atom. The van der Waals surface area contributed by atoms with Gasteiger partial charge in [0, 0.05) is 7.05 Å². The average molecular weight is 244 g/mol. The molecule has 6 nitrogen and oxygen atoms in total. The minimum Gasteiger partial charge on any atom is -0.289 e. The molecule has 0 aliphatic rings. The Morgan fingerprint density at radius 1 is 1.38 bits per heavy atom. The number of hydrogen-bond donors (Lipinski definition) is 2. The number of likely N-dealkylation sites (N-methyl/N-ethyl adjacent to an activating group) is 1. The van der Waals surface area contributed by atoms with Crippen molar-refractivity contribution in [2.45, 2.75) is 4.90 Å². The molecule has 0 unspecified atom stereocenters. The van der Waals surface area contributed by atoms with Gasteiger partial charge in [0.15, 0.2) is 0 Å². The van der Waals surface area contributed by atoms with Crippen molar-refractivity contribution in [1.29, 1.82) is 0 Å². The zero-order valence-corrected chi connectivity index (χ0v) is 9.44. The Hall–Kier alpha value is -1.44. The standard InChI is InChI=1S/C9H12N2O4S/c1-11(7-9(12)10-13)16(14,15)8-5-3-2-4-6-8/h2-6,13H,7H2,1H3,(H,10,12). The van der Waals surface area contributed by atoms with E-state index in [4.69, 9.17) is 5.21 Å². The van der Waals surface area contributed by atoms with Crippen molar-refractivity contribution in [3.05, 3.63) is 30.3 Å². The highest BCUT2D eigenvalue weighted by Gasteiger charge is 2.22. The molecule has 16 heavy (non-hydrogen) atoms. The molecular weight excluding hydrogens is 232 g/mol. The zero-order valence-electron chi connectivity index (χ0n) is 8.62. The molecule has 0 saturated heterocycles. The van der Waals surface area contributed by atoms with E-state index in [-0.39, 0.29) is 4.90 Å². The lowest BCUT2D eigenvalue weighted by atomic mass is 10.4. The van der Waals surface area contributed by atoms with Gasteiger partial charge in [-0.2, -0.15) is 4.31 Å². The highest BCUT2D eigenvalue weighted by atomic mass is 32.2. The molecule has 1 aromatic rings. The van der Waals surface area contributed by atoms with Crippen LogP contribution in [0, 0.1) is 0 Å². The Morgan fingerprint density at radius 3 is 2.44 bits per heavy atom. The molecule has 1 amide bonds. The van der Waals surface area contributed by atoms with Gasteiger partial charge in [0.2, 0.25) is 10.0 Å². The van der Waals surface area contributed by atoms with E-state index in [0.29, 0.717) is 0 Å². The summed E-state index contributed by atoms with van der Waals surface area (Å²) in [4.78, 5) is 10.9. The maximum absolute atomic E-state index is 11.8. The van der Waals surface area contributed by atoms with Crippen LogP contribution in [0.25, 0.3) is 0 Å². The number of sulfonamides is 1. The van der Waals surface area contributed by atoms with Crippen LogP contribution in [0.5, 0.6) is 0 Å². The minimum atomic E-state index is -3.68. The number of benzene rings is 1. The molecule has 0 aromatic heterocycles. The fourth-order valence-electron chi connectivity index (χ4n) is 1.09. The number of hydrogen-bond acceptors (Lipinski definition) is 4. The number of nitrogens with zero attached hydrogens (tertiary/aromatic N) is 1. The van der Waals surface area contributed by atoms with Gasteiger partial charge < -0.3 is 0 Å². The van der Waals surface area contributed by atoms with Gasteiger partial charge in [0.1, 0.15) is 0 Å². The van der Waals surface area contributed by atoms with Crippen molar-refractivity contribution in [3.63, 3.8) is 0 Å². The first-order valence-corrected chi connectivity index (χ1v) is 5.87. The molecule has 0 atom stereocenters. The molecule has 0 aliphatic carbocycles. The van der Waals surface area contributed by atoms with Gasteiger partial charge in [-0.3, -0.25) is 10.0 Å². The molecule has 1 rings (SSSR count). The fraction of sp³-hybridized carbons (Fsp3) is 0.222. The largest absolute Gasteiger partial charge is 0.289 e. The van der Waals surface area contributed by atoms with E-state index in [1.807, 2.05) is 0 Å². The lowest BCUT2D eigenvalue weighted by Gasteiger charge is -2.15. The highest BCUT2D eigenvalue weighted by molar-refractivity contribution is 7.89. The monoisotopic (exact) mass is 244 g/mol. The Kier molecular flexibility index (Phi) is 3.99. The number of rotatable bonds is 4. The first-order chi connectivity index (χ1) is 7.48. The van der Waals surface area contributed by atoms with Crippen molar-refractivity contribution in [2.75, 3.05) is 13.6 Å². The van der Waals surface area contributed by atoms with Crippen molar-refractivity contribution in [1.82, 2.24) is 9.79 Å². The van der Waals surface area contributed by atoms with Crippen LogP contribution in [0.1, 0.15) is 0 Å². The number of nitrogens with one attached hydrogen (secondary N) is 1. The molecule has 0 bridgehead atoms. The highest BCUT2D eigenvalue weighted by Crippen LogP contribution is 2.12. The van der Waals surface area contributed by atoms with Crippen LogP contribution in [0.4, 0.5) is 0 Å². The van der Waals surface area contributed by atoms with Gasteiger partial charge in [-0.15, -0.1) is 0 Å². The quantitative estimate of drug-likeness (QED) is 0.568. The van der Waals surface area contributed by atoms with Gasteiger partial charge in [0.05, 0.1) is 11.4 Å². The van der Waals surface area contributed by atoms with E-state index in [1.165, 1.54) is 24.7 Å². The van der Waals surface area contributed by atoms with Crippen LogP contribution in [0.15, 0.2) is 35.2 Å². The number of amides is 1. The van der Waals surface area contributed by atoms with Crippen LogP contribution >= 0.6 is 0 Å². The van der Waals surface area contributed by atoms with E-state index in [1.54, 1.807) is 18.2 Å². The summed E-state index contributed by atoms with van der Waals surface area (Å²) in [5, 5.41) is 8.30. The second kappa shape index (κ2) is 5.06. The molecule has 0 saturated carbocycles. The molecule has 0 fully saturated rings. The SMILES string of the molecule is CN(CC(=O)NO)S(=O)(=O)c1ccccc1. The van der Waals surface area contributed by atoms with E-state index < -0.39 is 22.5 Å². The maximum atomic E-state index is 11.8. The Labute approximate surface area is 93.5 Å². The fourth-order valence-corrected chi connectivity index (χ4v) is 2.24. The summed E-state index contributed by atoms with van der Waals surface area (Å²) in [6.45, 7) is -0.437. The Balaban J connectivity index is 2.91. The second-order valence-electron chi connectivity index (χ2n) is 3.11. The summed E-state index contributed by atoms with van der Waals surface area (Å²) in [7, 11) is -2.42. The molecule has 0 aliphatic heterocycles. The van der Waals surface area contributed by atoms with Crippen LogP contribution in [0.2, 0.25) is 0 Å². The van der Waals surface area contributed by atoms with Gasteiger partial charge in [-0.1, -0.05) is 18.2 Å². The first-order valence-electron chi connectivity index (χ1n) is 4.43. The van der Waals surface area contributed by atoms with Gasteiger partial charge in [-0.25, -0.2) is 13.9 Å². The summed E-state index contributed by atoms with van der Waals surface area (Å²) < 4.78 is 24.6. The van der Waals surface area contributed by atoms with E-state index >= 15 is 0 Å². The Bertz CT molecular complexity index is 458. The number of carbonyl (C=O) groups excluding carboxylic acids is 1. The molecule has 0 heterocycles. The smallest absolute Gasteiger partial charge is 0.258 e. The van der Waals surface area contributed by atoms with Gasteiger partial charge in [-0.05, 0) is 12.1 Å². The van der Waals surface area contributed by atoms with Crippen molar-refractivity contribution in [2.24, 2.45) is 0 Å². The molecule has 88 valence electrons. The van der Waals surface area contributed by atoms with Crippen LogP contribution < -0.4 is 5.48 Å². The summed E-state index contributed by atoms with van der Waals surface area (Å²) in [6, 6.07) is 7.74. The number of hydroxylamine groups is 1. The predicted octanol–water partition coefficient (Wildman–Crippen LogP) is -0.187.